The molecule has 2 aromatic heterocycles. The molecule has 0 unspecified atom stereocenters. The largest absolute Gasteiger partial charge is 0.465 e. The van der Waals surface area contributed by atoms with Crippen LogP contribution in [0.4, 0.5) is 5.13 Å². The van der Waals surface area contributed by atoms with E-state index in [4.69, 9.17) is 0 Å². The van der Waals surface area contributed by atoms with Crippen LogP contribution in [0.1, 0.15) is 38.7 Å². The highest BCUT2D eigenvalue weighted by Gasteiger charge is 2.29. The first-order chi connectivity index (χ1) is 12.7. The lowest BCUT2D eigenvalue weighted by molar-refractivity contribution is 0.0605. The Morgan fingerprint density at radius 3 is 2.59 bits per heavy atom. The Balaban J connectivity index is 1.82. The van der Waals surface area contributed by atoms with Gasteiger partial charge in [0.1, 0.15) is 15.5 Å². The van der Waals surface area contributed by atoms with E-state index in [2.05, 4.69) is 15.0 Å². The van der Waals surface area contributed by atoms with Crippen molar-refractivity contribution in [1.82, 2.24) is 13.9 Å². The van der Waals surface area contributed by atoms with Crippen molar-refractivity contribution in [2.45, 2.75) is 24.7 Å². The smallest absolute Gasteiger partial charge is 0.350 e. The summed E-state index contributed by atoms with van der Waals surface area (Å²) in [5.41, 5.74) is 0.631. The molecule has 0 aromatic carbocycles. The van der Waals surface area contributed by atoms with E-state index in [-0.39, 0.29) is 15.7 Å². The molecule has 27 heavy (non-hydrogen) atoms. The molecule has 9 nitrogen and oxygen atoms in total. The van der Waals surface area contributed by atoms with Crippen molar-refractivity contribution in [3.8, 4) is 0 Å². The minimum absolute atomic E-state index is 0.0858. The minimum Gasteiger partial charge on any atom is -0.465 e. The van der Waals surface area contributed by atoms with Crippen LogP contribution in [0.15, 0.2) is 17.2 Å². The molecule has 1 fully saturated rings. The summed E-state index contributed by atoms with van der Waals surface area (Å²) in [4.78, 5) is 28.8. The van der Waals surface area contributed by atoms with Crippen LogP contribution in [0, 0.1) is 6.92 Å². The second kappa shape index (κ2) is 7.41. The average Bonchev–Trinajstić information content (AvgIpc) is 3.34. The highest BCUT2D eigenvalue weighted by Crippen LogP contribution is 2.25. The van der Waals surface area contributed by atoms with Crippen molar-refractivity contribution in [2.75, 3.05) is 25.5 Å². The number of amides is 1. The topological polar surface area (TPSA) is 111 Å². The number of carbonyl (C=O) groups is 2. The summed E-state index contributed by atoms with van der Waals surface area (Å²) in [6.45, 7) is 2.63. The molecule has 2 aromatic rings. The van der Waals surface area contributed by atoms with Crippen LogP contribution in [-0.4, -0.2) is 54.3 Å². The summed E-state index contributed by atoms with van der Waals surface area (Å²) in [5, 5.41) is 2.84. The molecule has 146 valence electrons. The molecule has 0 bridgehead atoms. The third kappa shape index (κ3) is 3.75. The number of aromatic nitrogens is 2. The molecular formula is C16H20N4O5S2. The number of nitrogens with one attached hydrogen (secondary N) is 1. The Kier molecular flexibility index (Phi) is 5.36. The van der Waals surface area contributed by atoms with Gasteiger partial charge in [-0.1, -0.05) is 11.3 Å². The van der Waals surface area contributed by atoms with Crippen LogP contribution in [0.3, 0.4) is 0 Å². The molecule has 0 atom stereocenters. The second-order valence-corrected chi connectivity index (χ2v) is 9.10. The summed E-state index contributed by atoms with van der Waals surface area (Å²) in [6, 6.07) is 1.35. The third-order valence-electron chi connectivity index (χ3n) is 4.30. The molecule has 1 N–H and O–H groups in total. The summed E-state index contributed by atoms with van der Waals surface area (Å²) in [5.74, 6) is -1.03. The SMILES string of the molecule is COC(=O)c1sc(NC(=O)c2cc(S(=O)(=O)N3CCCC3)cn2C)nc1C. The molecule has 0 radical (unpaired) electrons. The van der Waals surface area contributed by atoms with Gasteiger partial charge in [0.2, 0.25) is 10.0 Å². The molecular weight excluding hydrogens is 392 g/mol. The number of nitrogens with zero attached hydrogens (tertiary/aromatic N) is 3. The van der Waals surface area contributed by atoms with Crippen molar-refractivity contribution in [3.63, 3.8) is 0 Å². The number of aryl methyl sites for hydroxylation is 2. The van der Waals surface area contributed by atoms with Gasteiger partial charge in [0.25, 0.3) is 5.91 Å². The first-order valence-electron chi connectivity index (χ1n) is 8.27. The number of methoxy groups -OCH3 is 1. The number of carbonyl (C=O) groups excluding carboxylic acids is 2. The standard InChI is InChI=1S/C16H20N4O5S2/c1-10-13(15(22)25-3)26-16(17-10)18-14(21)12-8-11(9-19(12)2)27(23,24)20-6-4-5-7-20/h8-9H,4-7H2,1-3H3,(H,17,18,21). The van der Waals surface area contributed by atoms with Gasteiger partial charge in [0.05, 0.1) is 12.8 Å². The van der Waals surface area contributed by atoms with E-state index in [0.29, 0.717) is 23.7 Å². The minimum atomic E-state index is -3.61. The average molecular weight is 412 g/mol. The Morgan fingerprint density at radius 1 is 1.30 bits per heavy atom. The maximum Gasteiger partial charge on any atom is 0.350 e. The Hall–Kier alpha value is -2.24. The van der Waals surface area contributed by atoms with Gasteiger partial charge in [-0.3, -0.25) is 10.1 Å². The highest BCUT2D eigenvalue weighted by molar-refractivity contribution is 7.89. The number of hydrogen-bond donors (Lipinski definition) is 1. The predicted molar refractivity (Wildman–Crippen MR) is 99.5 cm³/mol. The van der Waals surface area contributed by atoms with Crippen LogP contribution >= 0.6 is 11.3 Å². The van der Waals surface area contributed by atoms with E-state index >= 15 is 0 Å². The predicted octanol–water partition coefficient (Wildman–Crippen LogP) is 1.61. The number of anilines is 1. The van der Waals surface area contributed by atoms with E-state index in [9.17, 15) is 18.0 Å². The fourth-order valence-corrected chi connectivity index (χ4v) is 5.34. The number of esters is 1. The third-order valence-corrected chi connectivity index (χ3v) is 7.22. The lowest BCUT2D eigenvalue weighted by Gasteiger charge is -2.13. The van der Waals surface area contributed by atoms with E-state index < -0.39 is 21.9 Å². The van der Waals surface area contributed by atoms with Crippen LogP contribution in [0.25, 0.3) is 0 Å². The van der Waals surface area contributed by atoms with E-state index in [1.165, 1.54) is 28.2 Å². The maximum atomic E-state index is 12.7. The van der Waals surface area contributed by atoms with Gasteiger partial charge in [-0.05, 0) is 25.8 Å². The molecule has 3 rings (SSSR count). The highest BCUT2D eigenvalue weighted by atomic mass is 32.2. The van der Waals surface area contributed by atoms with Crippen LogP contribution in [0.5, 0.6) is 0 Å². The van der Waals surface area contributed by atoms with Crippen molar-refractivity contribution < 1.29 is 22.7 Å². The maximum absolute atomic E-state index is 12.7. The molecule has 0 spiro atoms. The number of sulfonamides is 1. The van der Waals surface area contributed by atoms with Crippen molar-refractivity contribution in [2.24, 2.45) is 7.05 Å². The molecule has 0 aliphatic carbocycles. The van der Waals surface area contributed by atoms with E-state index in [1.54, 1.807) is 14.0 Å². The van der Waals surface area contributed by atoms with Crippen molar-refractivity contribution >= 4 is 38.4 Å². The zero-order chi connectivity index (χ0) is 19.8. The number of thiazole rings is 1. The molecule has 11 heteroatoms. The van der Waals surface area contributed by atoms with Crippen molar-refractivity contribution in [1.29, 1.82) is 0 Å². The molecule has 3 heterocycles. The Morgan fingerprint density at radius 2 is 1.96 bits per heavy atom. The lowest BCUT2D eigenvalue weighted by atomic mass is 10.4. The molecule has 1 amide bonds. The molecule has 1 aliphatic heterocycles. The summed E-state index contributed by atoms with van der Waals surface area (Å²) >= 11 is 1.00. The Labute approximate surface area is 161 Å². The first kappa shape index (κ1) is 19.5. The van der Waals surface area contributed by atoms with Crippen molar-refractivity contribution in [3.05, 3.63) is 28.5 Å². The zero-order valence-electron chi connectivity index (χ0n) is 15.2. The molecule has 1 aliphatic rings. The summed E-state index contributed by atoms with van der Waals surface area (Å²) < 4.78 is 32.9. The monoisotopic (exact) mass is 412 g/mol. The van der Waals surface area contributed by atoms with Gasteiger partial charge in [0, 0.05) is 26.3 Å². The van der Waals surface area contributed by atoms with E-state index in [1.807, 2.05) is 0 Å². The Bertz CT molecular complexity index is 987. The van der Waals surface area contributed by atoms with Gasteiger partial charge in [-0.2, -0.15) is 4.31 Å². The number of rotatable bonds is 5. The number of hydrogen-bond acceptors (Lipinski definition) is 7. The quantitative estimate of drug-likeness (QED) is 0.747. The number of ether oxygens (including phenoxy) is 1. The van der Waals surface area contributed by atoms with Gasteiger partial charge in [-0.15, -0.1) is 0 Å². The molecule has 1 saturated heterocycles. The van der Waals surface area contributed by atoms with Gasteiger partial charge < -0.3 is 9.30 Å². The van der Waals surface area contributed by atoms with Gasteiger partial charge in [-0.25, -0.2) is 18.2 Å². The molecule has 0 saturated carbocycles. The summed E-state index contributed by atoms with van der Waals surface area (Å²) in [6.07, 6.45) is 3.10. The lowest BCUT2D eigenvalue weighted by Crippen LogP contribution is -2.27. The van der Waals surface area contributed by atoms with Crippen LogP contribution in [0.2, 0.25) is 0 Å². The fourth-order valence-electron chi connectivity index (χ4n) is 2.87. The van der Waals surface area contributed by atoms with Gasteiger partial charge >= 0.3 is 5.97 Å². The first-order valence-corrected chi connectivity index (χ1v) is 10.5. The summed E-state index contributed by atoms with van der Waals surface area (Å²) in [7, 11) is -0.734. The van der Waals surface area contributed by atoms with E-state index in [0.717, 1.165) is 24.2 Å². The normalized spacial score (nSPS) is 15.1. The van der Waals surface area contributed by atoms with Gasteiger partial charge in [0.15, 0.2) is 5.13 Å². The zero-order valence-corrected chi connectivity index (χ0v) is 16.8. The second-order valence-electron chi connectivity index (χ2n) is 6.16. The van der Waals surface area contributed by atoms with Crippen LogP contribution in [-0.2, 0) is 21.8 Å². The van der Waals surface area contributed by atoms with Crippen LogP contribution < -0.4 is 5.32 Å². The fraction of sp³-hybridized carbons (Fsp3) is 0.438.